The molecule has 4 heterocycles. The zero-order valence-electron chi connectivity index (χ0n) is 17.6. The van der Waals surface area contributed by atoms with Gasteiger partial charge in [-0.2, -0.15) is 0 Å². The Morgan fingerprint density at radius 3 is 2.97 bits per heavy atom. The van der Waals surface area contributed by atoms with Crippen molar-refractivity contribution in [2.45, 2.75) is 64.2 Å². The van der Waals surface area contributed by atoms with E-state index in [0.717, 1.165) is 43.6 Å². The number of hydrogen-bond acceptors (Lipinski definition) is 7. The van der Waals surface area contributed by atoms with E-state index in [1.807, 2.05) is 4.68 Å². The van der Waals surface area contributed by atoms with E-state index in [0.29, 0.717) is 18.7 Å². The van der Waals surface area contributed by atoms with Crippen molar-refractivity contribution >= 4 is 11.9 Å². The largest absolute Gasteiger partial charge is 0.456 e. The Labute approximate surface area is 180 Å². The maximum Gasteiger partial charge on any atom is 0.333 e. The van der Waals surface area contributed by atoms with Crippen LogP contribution in [0.1, 0.15) is 50.2 Å². The van der Waals surface area contributed by atoms with Crippen LogP contribution < -0.4 is 5.32 Å². The molecule has 1 N–H and O–H groups in total. The molecule has 3 aliphatic rings. The van der Waals surface area contributed by atoms with Crippen molar-refractivity contribution in [1.29, 1.82) is 0 Å². The molecule has 31 heavy (non-hydrogen) atoms. The molecule has 2 aromatic rings. The monoisotopic (exact) mass is 422 g/mol. The maximum atomic E-state index is 12.9. The smallest absolute Gasteiger partial charge is 0.333 e. The maximum absolute atomic E-state index is 12.9. The SMILES string of the molecule is C[C@H]1CCC[C@@H](NCc2ccc3c(c2)Cn2nnnc2-3)CCC(=O)N1C1=CC(=O)OC1. The van der Waals surface area contributed by atoms with Crippen molar-refractivity contribution in [3.63, 3.8) is 0 Å². The molecule has 1 fully saturated rings. The first-order chi connectivity index (χ1) is 15.1. The number of rotatable bonds is 4. The zero-order chi connectivity index (χ0) is 21.4. The van der Waals surface area contributed by atoms with Crippen molar-refractivity contribution in [3.05, 3.63) is 41.1 Å². The lowest BCUT2D eigenvalue weighted by Crippen LogP contribution is -2.38. The summed E-state index contributed by atoms with van der Waals surface area (Å²) >= 11 is 0. The van der Waals surface area contributed by atoms with Gasteiger partial charge in [0.25, 0.3) is 0 Å². The number of esters is 1. The lowest BCUT2D eigenvalue weighted by molar-refractivity contribution is -0.136. The Bertz CT molecular complexity index is 1050. The van der Waals surface area contributed by atoms with Crippen LogP contribution in [0.25, 0.3) is 11.4 Å². The second kappa shape index (κ2) is 8.22. The van der Waals surface area contributed by atoms with Crippen LogP contribution in [0.2, 0.25) is 0 Å². The van der Waals surface area contributed by atoms with Gasteiger partial charge in [0.1, 0.15) is 6.61 Å². The quantitative estimate of drug-likeness (QED) is 0.640. The Morgan fingerprint density at radius 1 is 1.23 bits per heavy atom. The van der Waals surface area contributed by atoms with Crippen LogP contribution >= 0.6 is 0 Å². The predicted octanol–water partition coefficient (Wildman–Crippen LogP) is 1.78. The first kappa shape index (κ1) is 19.9. The van der Waals surface area contributed by atoms with Crippen LogP contribution in [0.3, 0.4) is 0 Å². The minimum Gasteiger partial charge on any atom is -0.456 e. The van der Waals surface area contributed by atoms with Gasteiger partial charge in [0.2, 0.25) is 5.91 Å². The van der Waals surface area contributed by atoms with Crippen LogP contribution in [-0.2, 0) is 27.4 Å². The van der Waals surface area contributed by atoms with E-state index in [9.17, 15) is 9.59 Å². The summed E-state index contributed by atoms with van der Waals surface area (Å²) < 4.78 is 6.84. The number of amides is 1. The minimum absolute atomic E-state index is 0.0678. The van der Waals surface area contributed by atoms with Crippen LogP contribution in [0.5, 0.6) is 0 Å². The molecule has 1 saturated heterocycles. The third-order valence-electron chi connectivity index (χ3n) is 6.40. The van der Waals surface area contributed by atoms with Gasteiger partial charge in [0, 0.05) is 36.7 Å². The van der Waals surface area contributed by atoms with E-state index in [1.54, 1.807) is 4.90 Å². The van der Waals surface area contributed by atoms with Gasteiger partial charge in [-0.3, -0.25) is 4.79 Å². The van der Waals surface area contributed by atoms with Crippen molar-refractivity contribution in [1.82, 2.24) is 30.4 Å². The highest BCUT2D eigenvalue weighted by Gasteiger charge is 2.30. The first-order valence-corrected chi connectivity index (χ1v) is 10.9. The minimum atomic E-state index is -0.362. The number of nitrogens with one attached hydrogen (secondary N) is 1. The van der Waals surface area contributed by atoms with Gasteiger partial charge in [0.15, 0.2) is 5.82 Å². The predicted molar refractivity (Wildman–Crippen MR) is 111 cm³/mol. The topological polar surface area (TPSA) is 102 Å². The van der Waals surface area contributed by atoms with Crippen molar-refractivity contribution in [2.75, 3.05) is 6.61 Å². The van der Waals surface area contributed by atoms with Gasteiger partial charge in [-0.25, -0.2) is 9.48 Å². The summed E-state index contributed by atoms with van der Waals surface area (Å²) in [5.41, 5.74) is 4.22. The molecule has 2 atom stereocenters. The first-order valence-electron chi connectivity index (χ1n) is 10.9. The molecule has 0 spiro atoms. The number of carbonyl (C=O) groups is 2. The number of aromatic nitrogens is 4. The van der Waals surface area contributed by atoms with E-state index in [-0.39, 0.29) is 30.6 Å². The molecule has 3 aliphatic heterocycles. The molecule has 0 aliphatic carbocycles. The van der Waals surface area contributed by atoms with Crippen LogP contribution in [0.15, 0.2) is 30.0 Å². The Morgan fingerprint density at radius 2 is 2.13 bits per heavy atom. The second-order valence-electron chi connectivity index (χ2n) is 8.56. The van der Waals surface area contributed by atoms with Gasteiger partial charge in [-0.1, -0.05) is 18.2 Å². The molecular formula is C22H26N6O3. The number of nitrogens with zero attached hydrogens (tertiary/aromatic N) is 5. The van der Waals surface area contributed by atoms with Gasteiger partial charge < -0.3 is 15.0 Å². The third kappa shape index (κ3) is 3.97. The van der Waals surface area contributed by atoms with Gasteiger partial charge in [-0.05, 0) is 54.2 Å². The fourth-order valence-corrected chi connectivity index (χ4v) is 4.78. The Hall–Kier alpha value is -3.07. The normalized spacial score (nSPS) is 23.5. The zero-order valence-corrected chi connectivity index (χ0v) is 17.6. The summed E-state index contributed by atoms with van der Waals surface area (Å²) in [5.74, 6) is 0.533. The number of hydrogen-bond donors (Lipinski definition) is 1. The number of fused-ring (bicyclic) bond motifs is 3. The fourth-order valence-electron chi connectivity index (χ4n) is 4.78. The van der Waals surface area contributed by atoms with Crippen molar-refractivity contribution < 1.29 is 14.3 Å². The standard InChI is InChI=1S/C22H26N6O3/c1-14-3-2-4-17(6-8-20(29)28(14)18-10-21(30)31-13-18)23-11-15-5-7-19-16(9-15)12-27-22(19)24-25-26-27/h5,7,9-10,14,17,23H,2-4,6,8,11-13H2,1H3/t14-,17+/m0/s1. The van der Waals surface area contributed by atoms with E-state index in [4.69, 9.17) is 4.74 Å². The summed E-state index contributed by atoms with van der Waals surface area (Å²) in [6.45, 7) is 3.71. The van der Waals surface area contributed by atoms with E-state index in [2.05, 4.69) is 46.0 Å². The molecule has 0 unspecified atom stereocenters. The molecule has 1 aromatic heterocycles. The second-order valence-corrected chi connectivity index (χ2v) is 8.56. The molecule has 0 saturated carbocycles. The Kier molecular flexibility index (Phi) is 5.27. The summed E-state index contributed by atoms with van der Waals surface area (Å²) in [4.78, 5) is 26.2. The molecule has 0 bridgehead atoms. The number of carbonyl (C=O) groups excluding carboxylic acids is 2. The van der Waals surface area contributed by atoms with Crippen LogP contribution in [-0.4, -0.2) is 55.7 Å². The Balaban J connectivity index is 1.21. The van der Waals surface area contributed by atoms with E-state index < -0.39 is 0 Å². The van der Waals surface area contributed by atoms with E-state index in [1.165, 1.54) is 17.2 Å². The fraction of sp³-hybridized carbons (Fsp3) is 0.500. The van der Waals surface area contributed by atoms with E-state index >= 15 is 0 Å². The van der Waals surface area contributed by atoms with Gasteiger partial charge in [0.05, 0.1) is 12.2 Å². The molecule has 9 heteroatoms. The lowest BCUT2D eigenvalue weighted by Gasteiger charge is -2.29. The molecule has 1 aromatic carbocycles. The summed E-state index contributed by atoms with van der Waals surface area (Å²) in [5, 5.41) is 15.5. The molecule has 0 radical (unpaired) electrons. The summed E-state index contributed by atoms with van der Waals surface area (Å²) in [6, 6.07) is 6.75. The number of ether oxygens (including phenoxy) is 1. The number of benzene rings is 1. The summed E-state index contributed by atoms with van der Waals surface area (Å²) in [7, 11) is 0. The van der Waals surface area contributed by atoms with Crippen LogP contribution in [0.4, 0.5) is 0 Å². The highest BCUT2D eigenvalue weighted by Crippen LogP contribution is 2.29. The van der Waals surface area contributed by atoms with Crippen LogP contribution in [0, 0.1) is 0 Å². The van der Waals surface area contributed by atoms with Crippen molar-refractivity contribution in [3.8, 4) is 11.4 Å². The average molecular weight is 422 g/mol. The van der Waals surface area contributed by atoms with Gasteiger partial charge >= 0.3 is 5.97 Å². The summed E-state index contributed by atoms with van der Waals surface area (Å²) in [6.07, 6.45) is 5.64. The van der Waals surface area contributed by atoms with Gasteiger partial charge in [-0.15, -0.1) is 5.10 Å². The average Bonchev–Trinajstić information content (AvgIpc) is 3.45. The van der Waals surface area contributed by atoms with Crippen molar-refractivity contribution in [2.24, 2.45) is 0 Å². The number of cyclic esters (lactones) is 1. The molecular weight excluding hydrogens is 396 g/mol. The molecule has 9 nitrogen and oxygen atoms in total. The number of tetrazole rings is 1. The lowest BCUT2D eigenvalue weighted by atomic mass is 10.0. The third-order valence-corrected chi connectivity index (χ3v) is 6.40. The molecule has 162 valence electrons. The molecule has 5 rings (SSSR count). The highest BCUT2D eigenvalue weighted by molar-refractivity contribution is 5.87. The highest BCUT2D eigenvalue weighted by atomic mass is 16.5. The molecule has 1 amide bonds.